The topological polar surface area (TPSA) is 108 Å². The lowest BCUT2D eigenvalue weighted by Gasteiger charge is -2.06. The van der Waals surface area contributed by atoms with Gasteiger partial charge in [-0.05, 0) is 36.4 Å². The standard InChI is InChI=1S/C15H14ClN3O4S/c16-12-5-7-13(8-6-12)24(22,23)18-10-15(21)19-17-9-11-3-1-2-4-14(11)20/h1-9,18,20H,10H2,(H,19,21)/b17-9-. The summed E-state index contributed by atoms with van der Waals surface area (Å²) in [5.74, 6) is -0.641. The van der Waals surface area contributed by atoms with Crippen molar-refractivity contribution in [1.82, 2.24) is 10.1 Å². The van der Waals surface area contributed by atoms with Crippen LogP contribution in [0.25, 0.3) is 0 Å². The number of rotatable bonds is 6. The van der Waals surface area contributed by atoms with Gasteiger partial charge in [0.05, 0.1) is 17.7 Å². The average molecular weight is 368 g/mol. The van der Waals surface area contributed by atoms with Gasteiger partial charge >= 0.3 is 0 Å². The second-order valence-electron chi connectivity index (χ2n) is 4.63. The van der Waals surface area contributed by atoms with Gasteiger partial charge in [-0.25, -0.2) is 18.6 Å². The van der Waals surface area contributed by atoms with Crippen molar-refractivity contribution in [1.29, 1.82) is 0 Å². The van der Waals surface area contributed by atoms with Gasteiger partial charge in [0, 0.05) is 10.6 Å². The Hall–Kier alpha value is -2.42. The first-order valence-corrected chi connectivity index (χ1v) is 8.60. The third kappa shape index (κ3) is 5.05. The summed E-state index contributed by atoms with van der Waals surface area (Å²) in [6.07, 6.45) is 1.25. The van der Waals surface area contributed by atoms with Crippen molar-refractivity contribution in [2.75, 3.05) is 6.54 Å². The molecule has 126 valence electrons. The summed E-state index contributed by atoms with van der Waals surface area (Å²) < 4.78 is 26.1. The zero-order valence-corrected chi connectivity index (χ0v) is 13.9. The van der Waals surface area contributed by atoms with Crippen molar-refractivity contribution in [3.8, 4) is 5.75 Å². The predicted molar refractivity (Wildman–Crippen MR) is 90.5 cm³/mol. The molecule has 0 aliphatic heterocycles. The van der Waals surface area contributed by atoms with Crippen LogP contribution in [-0.4, -0.2) is 32.2 Å². The lowest BCUT2D eigenvalue weighted by molar-refractivity contribution is -0.119. The number of sulfonamides is 1. The second-order valence-corrected chi connectivity index (χ2v) is 6.83. The highest BCUT2D eigenvalue weighted by atomic mass is 35.5. The smallest absolute Gasteiger partial charge is 0.255 e. The van der Waals surface area contributed by atoms with E-state index in [0.717, 1.165) is 0 Å². The Kier molecular flexibility index (Phi) is 5.91. The van der Waals surface area contributed by atoms with E-state index >= 15 is 0 Å². The maximum absolute atomic E-state index is 12.0. The van der Waals surface area contributed by atoms with Crippen LogP contribution in [0.15, 0.2) is 58.5 Å². The second kappa shape index (κ2) is 7.91. The van der Waals surface area contributed by atoms with Crippen molar-refractivity contribution in [2.45, 2.75) is 4.90 Å². The lowest BCUT2D eigenvalue weighted by Crippen LogP contribution is -2.34. The van der Waals surface area contributed by atoms with Crippen LogP contribution >= 0.6 is 11.6 Å². The minimum Gasteiger partial charge on any atom is -0.507 e. The van der Waals surface area contributed by atoms with Crippen molar-refractivity contribution >= 4 is 33.7 Å². The summed E-state index contributed by atoms with van der Waals surface area (Å²) in [6.45, 7) is -0.483. The van der Waals surface area contributed by atoms with E-state index in [1.807, 2.05) is 0 Å². The highest BCUT2D eigenvalue weighted by Gasteiger charge is 2.15. The highest BCUT2D eigenvalue weighted by Crippen LogP contribution is 2.14. The number of nitrogens with zero attached hydrogens (tertiary/aromatic N) is 1. The maximum atomic E-state index is 12.0. The van der Waals surface area contributed by atoms with Crippen molar-refractivity contribution in [3.63, 3.8) is 0 Å². The van der Waals surface area contributed by atoms with Gasteiger partial charge in [0.15, 0.2) is 0 Å². The Labute approximate surface area is 144 Å². The molecule has 0 heterocycles. The van der Waals surface area contributed by atoms with Gasteiger partial charge in [-0.15, -0.1) is 0 Å². The molecule has 2 rings (SSSR count). The number of halogens is 1. The van der Waals surface area contributed by atoms with Crippen LogP contribution in [0.3, 0.4) is 0 Å². The number of benzene rings is 2. The van der Waals surface area contributed by atoms with E-state index in [4.69, 9.17) is 11.6 Å². The number of carbonyl (C=O) groups excluding carboxylic acids is 1. The number of hydrazone groups is 1. The molecule has 7 nitrogen and oxygen atoms in total. The van der Waals surface area contributed by atoms with Gasteiger partial charge in [0.2, 0.25) is 10.0 Å². The van der Waals surface area contributed by atoms with Crippen LogP contribution in [0.4, 0.5) is 0 Å². The monoisotopic (exact) mass is 367 g/mol. The van der Waals surface area contributed by atoms with E-state index in [1.54, 1.807) is 18.2 Å². The molecule has 0 aliphatic rings. The first-order chi connectivity index (χ1) is 11.4. The molecule has 0 spiro atoms. The molecule has 0 bridgehead atoms. The number of hydrogen-bond acceptors (Lipinski definition) is 5. The minimum atomic E-state index is -3.82. The van der Waals surface area contributed by atoms with Gasteiger partial charge < -0.3 is 5.11 Å². The first kappa shape index (κ1) is 17.9. The number of phenols is 1. The van der Waals surface area contributed by atoms with Gasteiger partial charge in [-0.1, -0.05) is 23.7 Å². The number of amides is 1. The summed E-state index contributed by atoms with van der Waals surface area (Å²) in [5.41, 5.74) is 2.58. The molecule has 0 aromatic heterocycles. The third-order valence-electron chi connectivity index (χ3n) is 2.88. The van der Waals surface area contributed by atoms with Crippen molar-refractivity contribution in [2.24, 2.45) is 5.10 Å². The van der Waals surface area contributed by atoms with Gasteiger partial charge in [-0.2, -0.15) is 5.10 Å². The first-order valence-electron chi connectivity index (χ1n) is 6.73. The normalized spacial score (nSPS) is 11.5. The fraction of sp³-hybridized carbons (Fsp3) is 0.0667. The van der Waals surface area contributed by atoms with Crippen LogP contribution in [0, 0.1) is 0 Å². The van der Waals surface area contributed by atoms with Crippen LogP contribution in [0.1, 0.15) is 5.56 Å². The van der Waals surface area contributed by atoms with Crippen LogP contribution < -0.4 is 10.1 Å². The molecular formula is C15H14ClN3O4S. The molecule has 0 unspecified atom stereocenters. The molecular weight excluding hydrogens is 354 g/mol. The van der Waals surface area contributed by atoms with Crippen LogP contribution in [-0.2, 0) is 14.8 Å². The summed E-state index contributed by atoms with van der Waals surface area (Å²) >= 11 is 5.70. The van der Waals surface area contributed by atoms with E-state index in [2.05, 4.69) is 15.2 Å². The largest absolute Gasteiger partial charge is 0.507 e. The Morgan fingerprint density at radius 1 is 1.17 bits per heavy atom. The van der Waals surface area contributed by atoms with Crippen molar-refractivity contribution < 1.29 is 18.3 Å². The van der Waals surface area contributed by atoms with E-state index < -0.39 is 22.5 Å². The fourth-order valence-corrected chi connectivity index (χ4v) is 2.78. The maximum Gasteiger partial charge on any atom is 0.255 e. The van der Waals surface area contributed by atoms with E-state index in [1.165, 1.54) is 36.5 Å². The molecule has 1 amide bonds. The highest BCUT2D eigenvalue weighted by molar-refractivity contribution is 7.89. The molecule has 2 aromatic rings. The van der Waals surface area contributed by atoms with Crippen LogP contribution in [0.2, 0.25) is 5.02 Å². The number of nitrogens with one attached hydrogen (secondary N) is 2. The Bertz CT molecular complexity index is 851. The average Bonchev–Trinajstić information content (AvgIpc) is 2.55. The quantitative estimate of drug-likeness (QED) is 0.530. The van der Waals surface area contributed by atoms with E-state index in [9.17, 15) is 18.3 Å². The van der Waals surface area contributed by atoms with Crippen LogP contribution in [0.5, 0.6) is 5.75 Å². The molecule has 0 radical (unpaired) electrons. The summed E-state index contributed by atoms with van der Waals surface area (Å²) in [5, 5.41) is 13.6. The number of phenolic OH excluding ortho intramolecular Hbond substituents is 1. The Balaban J connectivity index is 1.89. The summed E-state index contributed by atoms with van der Waals surface area (Å²) in [7, 11) is -3.82. The molecule has 0 fully saturated rings. The Morgan fingerprint density at radius 3 is 2.50 bits per heavy atom. The molecule has 9 heteroatoms. The lowest BCUT2D eigenvalue weighted by atomic mass is 10.2. The Morgan fingerprint density at radius 2 is 1.83 bits per heavy atom. The molecule has 0 saturated carbocycles. The fourth-order valence-electron chi connectivity index (χ4n) is 1.67. The zero-order valence-electron chi connectivity index (χ0n) is 12.3. The van der Waals surface area contributed by atoms with E-state index in [-0.39, 0.29) is 10.6 Å². The number of aromatic hydroxyl groups is 1. The van der Waals surface area contributed by atoms with E-state index in [0.29, 0.717) is 10.6 Å². The van der Waals surface area contributed by atoms with Gasteiger partial charge in [0.25, 0.3) is 5.91 Å². The molecule has 0 aliphatic carbocycles. The summed E-state index contributed by atoms with van der Waals surface area (Å²) in [4.78, 5) is 11.6. The molecule has 24 heavy (non-hydrogen) atoms. The predicted octanol–water partition coefficient (Wildman–Crippen LogP) is 1.47. The number of hydrogen-bond donors (Lipinski definition) is 3. The zero-order chi connectivity index (χ0) is 17.6. The number of carbonyl (C=O) groups is 1. The van der Waals surface area contributed by atoms with Crippen molar-refractivity contribution in [3.05, 3.63) is 59.1 Å². The minimum absolute atomic E-state index is 0.00240. The van der Waals surface area contributed by atoms with Gasteiger partial charge in [0.1, 0.15) is 5.75 Å². The van der Waals surface area contributed by atoms with Gasteiger partial charge in [-0.3, -0.25) is 4.79 Å². The summed E-state index contributed by atoms with van der Waals surface area (Å²) in [6, 6.07) is 12.0. The molecule has 0 atom stereocenters. The third-order valence-corrected chi connectivity index (χ3v) is 4.55. The molecule has 3 N–H and O–H groups in total. The SMILES string of the molecule is O=C(CNS(=O)(=O)c1ccc(Cl)cc1)N/N=C\c1ccccc1O. The molecule has 0 saturated heterocycles. The number of para-hydroxylation sites is 1. The molecule has 2 aromatic carbocycles.